The minimum absolute atomic E-state index is 0. The van der Waals surface area contributed by atoms with Gasteiger partial charge in [-0.25, -0.2) is 11.3 Å². The molecule has 3 heterocycles. The molecule has 4 heteroatoms. The van der Waals surface area contributed by atoms with Gasteiger partial charge in [-0.2, -0.15) is 6.07 Å². The molecule has 0 bridgehead atoms. The third-order valence-electron chi connectivity index (χ3n) is 1.65. The molecule has 3 rings (SSSR count). The summed E-state index contributed by atoms with van der Waals surface area (Å²) in [5.74, 6) is 0. The fourth-order valence-corrected chi connectivity index (χ4v) is 4.41. The molecule has 3 aromatic heterocycles. The van der Waals surface area contributed by atoms with E-state index < -0.39 is 0 Å². The summed E-state index contributed by atoms with van der Waals surface area (Å²) in [6.07, 6.45) is 0. The zero-order valence-electron chi connectivity index (χ0n) is 6.46. The van der Waals surface area contributed by atoms with Gasteiger partial charge in [0.25, 0.3) is 0 Å². The molecular weight excluding hydrogens is 199 g/mol. The molecular formula is C8H3LiS3. The van der Waals surface area contributed by atoms with Crippen molar-refractivity contribution in [2.24, 2.45) is 0 Å². The summed E-state index contributed by atoms with van der Waals surface area (Å²) >= 11 is 5.42. The Morgan fingerprint density at radius 2 is 2.25 bits per heavy atom. The Balaban J connectivity index is 0.000000563. The molecule has 0 atom stereocenters. The van der Waals surface area contributed by atoms with E-state index in [0.717, 1.165) is 0 Å². The maximum absolute atomic E-state index is 3.16. The van der Waals surface area contributed by atoms with Crippen LogP contribution in [0.25, 0.3) is 18.8 Å². The van der Waals surface area contributed by atoms with Gasteiger partial charge in [0.05, 0.1) is 4.01 Å². The molecule has 0 unspecified atom stereocenters. The minimum Gasteiger partial charge on any atom is -0.294 e. The van der Waals surface area contributed by atoms with Crippen LogP contribution < -0.4 is 18.9 Å². The van der Waals surface area contributed by atoms with Gasteiger partial charge < -0.3 is 0 Å². The van der Waals surface area contributed by atoms with Gasteiger partial charge >= 0.3 is 18.9 Å². The first-order chi connectivity index (χ1) is 5.45. The first kappa shape index (κ1) is 8.80. The monoisotopic (exact) mass is 202 g/mol. The van der Waals surface area contributed by atoms with Gasteiger partial charge in [0.1, 0.15) is 0 Å². The predicted octanol–water partition coefficient (Wildman–Crippen LogP) is 0.982. The normalized spacial score (nSPS) is 10.7. The quantitative estimate of drug-likeness (QED) is 0.376. The van der Waals surface area contributed by atoms with Crippen LogP contribution >= 0.6 is 34.0 Å². The Kier molecular flexibility index (Phi) is 2.33. The summed E-state index contributed by atoms with van der Waals surface area (Å²) in [5.41, 5.74) is 0. The van der Waals surface area contributed by atoms with E-state index in [1.54, 1.807) is 11.3 Å². The van der Waals surface area contributed by atoms with E-state index in [1.165, 1.54) is 18.8 Å². The SMILES string of the molecule is [Li+].[c-]1cc2sc3sccc3c2s1. The van der Waals surface area contributed by atoms with Crippen molar-refractivity contribution in [2.75, 3.05) is 0 Å². The minimum atomic E-state index is 0. The average Bonchev–Trinajstić information content (AvgIpc) is 2.52. The molecule has 0 aliphatic rings. The van der Waals surface area contributed by atoms with Crippen molar-refractivity contribution < 1.29 is 18.9 Å². The van der Waals surface area contributed by atoms with Crippen LogP contribution in [0.5, 0.6) is 0 Å². The van der Waals surface area contributed by atoms with Crippen molar-refractivity contribution in [1.29, 1.82) is 0 Å². The van der Waals surface area contributed by atoms with Crippen molar-refractivity contribution in [3.8, 4) is 0 Å². The maximum atomic E-state index is 3.16. The number of hydrogen-bond donors (Lipinski definition) is 0. The molecule has 0 amide bonds. The van der Waals surface area contributed by atoms with Crippen molar-refractivity contribution in [3.05, 3.63) is 22.9 Å². The van der Waals surface area contributed by atoms with Crippen LogP contribution in [0.3, 0.4) is 0 Å². The number of thiophene rings is 3. The fraction of sp³-hybridized carbons (Fsp3) is 0. The van der Waals surface area contributed by atoms with E-state index in [9.17, 15) is 0 Å². The van der Waals surface area contributed by atoms with Crippen LogP contribution in [0, 0.1) is 5.38 Å². The molecule has 3 aromatic rings. The molecule has 0 spiro atoms. The second-order valence-corrected chi connectivity index (χ2v) is 5.36. The standard InChI is InChI=1S/C8H3S3.Li/c1-3-10-8-5(1)7-6(11-8)2-4-9-7;/h1-3H;/q-1;+1. The third-order valence-corrected chi connectivity index (χ3v) is 4.85. The Hall–Kier alpha value is 0.217. The maximum Gasteiger partial charge on any atom is 1.00 e. The molecule has 0 fully saturated rings. The van der Waals surface area contributed by atoms with Crippen LogP contribution in [0.1, 0.15) is 0 Å². The van der Waals surface area contributed by atoms with Crippen LogP contribution in [-0.2, 0) is 0 Å². The molecule has 0 N–H and O–H groups in total. The molecule has 0 saturated carbocycles. The Labute approximate surface area is 94.0 Å². The Morgan fingerprint density at radius 1 is 1.33 bits per heavy atom. The summed E-state index contributed by atoms with van der Waals surface area (Å²) in [6.45, 7) is 0. The largest absolute Gasteiger partial charge is 1.00 e. The van der Waals surface area contributed by atoms with Gasteiger partial charge in [0.15, 0.2) is 0 Å². The predicted molar refractivity (Wildman–Crippen MR) is 53.9 cm³/mol. The molecule has 0 aliphatic heterocycles. The summed E-state index contributed by atoms with van der Waals surface area (Å²) in [5, 5.41) is 6.73. The van der Waals surface area contributed by atoms with E-state index in [1.807, 2.05) is 22.7 Å². The zero-order valence-corrected chi connectivity index (χ0v) is 8.91. The second kappa shape index (κ2) is 3.17. The molecule has 0 aromatic carbocycles. The van der Waals surface area contributed by atoms with Crippen LogP contribution in [0.15, 0.2) is 17.5 Å². The van der Waals surface area contributed by atoms with Crippen molar-refractivity contribution in [1.82, 2.24) is 0 Å². The summed E-state index contributed by atoms with van der Waals surface area (Å²) < 4.78 is 4.24. The molecule has 54 valence electrons. The number of rotatable bonds is 0. The van der Waals surface area contributed by atoms with E-state index >= 15 is 0 Å². The number of fused-ring (bicyclic) bond motifs is 3. The molecule has 0 aliphatic carbocycles. The first-order valence-electron chi connectivity index (χ1n) is 3.21. The molecule has 0 saturated heterocycles. The fourth-order valence-electron chi connectivity index (χ4n) is 1.16. The van der Waals surface area contributed by atoms with Gasteiger partial charge in [0, 0.05) is 0 Å². The van der Waals surface area contributed by atoms with Gasteiger partial charge in [-0.1, -0.05) is 6.07 Å². The van der Waals surface area contributed by atoms with Crippen molar-refractivity contribution in [3.63, 3.8) is 0 Å². The Bertz CT molecular complexity index is 457. The van der Waals surface area contributed by atoms with Gasteiger partial charge in [-0.05, 0) is 10.8 Å². The van der Waals surface area contributed by atoms with Gasteiger partial charge in [-0.3, -0.25) is 11.3 Å². The van der Waals surface area contributed by atoms with Crippen molar-refractivity contribution >= 4 is 52.8 Å². The average molecular weight is 202 g/mol. The topological polar surface area (TPSA) is 0 Å². The van der Waals surface area contributed by atoms with Gasteiger partial charge in [-0.15, -0.1) is 26.1 Å². The van der Waals surface area contributed by atoms with E-state index in [-0.39, 0.29) is 18.9 Å². The summed E-state index contributed by atoms with van der Waals surface area (Å²) in [4.78, 5) is 0. The van der Waals surface area contributed by atoms with Crippen LogP contribution in [0.2, 0.25) is 0 Å². The van der Waals surface area contributed by atoms with E-state index in [4.69, 9.17) is 0 Å². The second-order valence-electron chi connectivity index (χ2n) is 2.28. The zero-order chi connectivity index (χ0) is 7.26. The molecule has 0 nitrogen and oxygen atoms in total. The van der Waals surface area contributed by atoms with Crippen LogP contribution in [-0.4, -0.2) is 0 Å². The summed E-state index contributed by atoms with van der Waals surface area (Å²) in [6, 6.07) is 4.28. The smallest absolute Gasteiger partial charge is 0.294 e. The third kappa shape index (κ3) is 1.09. The van der Waals surface area contributed by atoms with Crippen LogP contribution in [0.4, 0.5) is 0 Å². The van der Waals surface area contributed by atoms with E-state index in [2.05, 4.69) is 22.9 Å². The number of hydrogen-bond acceptors (Lipinski definition) is 3. The Morgan fingerprint density at radius 3 is 3.17 bits per heavy atom. The first-order valence-corrected chi connectivity index (χ1v) is 5.72. The van der Waals surface area contributed by atoms with Gasteiger partial charge in [0.2, 0.25) is 0 Å². The molecule has 12 heavy (non-hydrogen) atoms. The van der Waals surface area contributed by atoms with E-state index in [0.29, 0.717) is 0 Å². The summed E-state index contributed by atoms with van der Waals surface area (Å²) in [7, 11) is 0. The molecule has 0 radical (unpaired) electrons. The van der Waals surface area contributed by atoms with Crippen molar-refractivity contribution in [2.45, 2.75) is 0 Å².